The van der Waals surface area contributed by atoms with Gasteiger partial charge in [0.2, 0.25) is 5.72 Å². The SMILES string of the molecule is C=Cc1ccc(N2c3cc(Cl)c(Cl)cc3C(C)(C)C23C=Nc2c(ccc4ccccc24)O3)cc1. The number of ether oxygens (including phenoxy) is 1. The molecule has 1 unspecified atom stereocenters. The Hall–Kier alpha value is -3.27. The first kappa shape index (κ1) is 21.3. The summed E-state index contributed by atoms with van der Waals surface area (Å²) in [4.78, 5) is 7.20. The normalized spacial score (nSPS) is 19.7. The van der Waals surface area contributed by atoms with Gasteiger partial charge in [-0.05, 0) is 60.7 Å². The Bertz CT molecular complexity index is 1510. The van der Waals surface area contributed by atoms with Crippen LogP contribution in [0.1, 0.15) is 25.0 Å². The molecule has 4 aromatic carbocycles. The van der Waals surface area contributed by atoms with Crippen molar-refractivity contribution in [1.29, 1.82) is 0 Å². The lowest BCUT2D eigenvalue weighted by atomic mass is 9.77. The van der Waals surface area contributed by atoms with E-state index < -0.39 is 11.1 Å². The fourth-order valence-electron chi connectivity index (χ4n) is 5.15. The third kappa shape index (κ3) is 2.81. The highest BCUT2D eigenvalue weighted by molar-refractivity contribution is 6.42. The molecular formula is C29H22Cl2N2O. The first-order chi connectivity index (χ1) is 16.4. The largest absolute Gasteiger partial charge is 0.459 e. The first-order valence-electron chi connectivity index (χ1n) is 11.1. The number of hydrogen-bond acceptors (Lipinski definition) is 3. The Labute approximate surface area is 208 Å². The Kier molecular flexibility index (Phi) is 4.61. The van der Waals surface area contributed by atoms with Crippen LogP contribution in [0.2, 0.25) is 10.0 Å². The Morgan fingerprint density at radius 1 is 0.941 bits per heavy atom. The fourth-order valence-corrected chi connectivity index (χ4v) is 5.47. The number of anilines is 2. The maximum Gasteiger partial charge on any atom is 0.233 e. The first-order valence-corrected chi connectivity index (χ1v) is 11.9. The van der Waals surface area contributed by atoms with E-state index in [4.69, 9.17) is 32.9 Å². The van der Waals surface area contributed by atoms with Crippen LogP contribution in [0.5, 0.6) is 5.75 Å². The molecule has 4 aromatic rings. The van der Waals surface area contributed by atoms with Crippen molar-refractivity contribution < 1.29 is 4.74 Å². The van der Waals surface area contributed by atoms with Crippen LogP contribution in [-0.2, 0) is 5.41 Å². The number of aliphatic imine (C=N–C) groups is 1. The highest BCUT2D eigenvalue weighted by atomic mass is 35.5. The van der Waals surface area contributed by atoms with E-state index in [0.29, 0.717) is 10.0 Å². The average Bonchev–Trinajstić information content (AvgIpc) is 3.02. The lowest BCUT2D eigenvalue weighted by molar-refractivity contribution is 0.0875. The molecule has 34 heavy (non-hydrogen) atoms. The lowest BCUT2D eigenvalue weighted by Crippen LogP contribution is -2.60. The summed E-state index contributed by atoms with van der Waals surface area (Å²) >= 11 is 13.0. The van der Waals surface area contributed by atoms with Crippen molar-refractivity contribution in [1.82, 2.24) is 0 Å². The molecular weight excluding hydrogens is 463 g/mol. The molecule has 0 bridgehead atoms. The van der Waals surface area contributed by atoms with Gasteiger partial charge in [0.05, 0.1) is 27.4 Å². The van der Waals surface area contributed by atoms with Gasteiger partial charge in [-0.1, -0.05) is 78.3 Å². The second-order valence-corrected chi connectivity index (χ2v) is 10.0. The van der Waals surface area contributed by atoms with Gasteiger partial charge in [-0.25, -0.2) is 0 Å². The van der Waals surface area contributed by atoms with Crippen LogP contribution in [-0.4, -0.2) is 11.9 Å². The number of hydrogen-bond donors (Lipinski definition) is 0. The minimum absolute atomic E-state index is 0.499. The van der Waals surface area contributed by atoms with Gasteiger partial charge in [0, 0.05) is 11.1 Å². The molecule has 0 radical (unpaired) electrons. The maximum atomic E-state index is 6.96. The van der Waals surface area contributed by atoms with Gasteiger partial charge in [-0.15, -0.1) is 0 Å². The molecule has 0 amide bonds. The van der Waals surface area contributed by atoms with Crippen LogP contribution in [0, 0.1) is 0 Å². The molecule has 0 aromatic heterocycles. The highest BCUT2D eigenvalue weighted by Crippen LogP contribution is 2.58. The van der Waals surface area contributed by atoms with Crippen molar-refractivity contribution in [3.05, 3.63) is 101 Å². The fraction of sp³-hybridized carbons (Fsp3) is 0.138. The zero-order chi connectivity index (χ0) is 23.7. The predicted molar refractivity (Wildman–Crippen MR) is 144 cm³/mol. The van der Waals surface area contributed by atoms with E-state index in [0.717, 1.165) is 44.7 Å². The van der Waals surface area contributed by atoms with Crippen molar-refractivity contribution in [2.45, 2.75) is 25.0 Å². The molecule has 1 atom stereocenters. The molecule has 2 aliphatic heterocycles. The summed E-state index contributed by atoms with van der Waals surface area (Å²) < 4.78 is 6.96. The predicted octanol–water partition coefficient (Wildman–Crippen LogP) is 8.71. The summed E-state index contributed by atoms with van der Waals surface area (Å²) in [5, 5.41) is 3.21. The third-order valence-electron chi connectivity index (χ3n) is 7.07. The van der Waals surface area contributed by atoms with Crippen molar-refractivity contribution in [3.8, 4) is 5.75 Å². The summed E-state index contributed by atoms with van der Waals surface area (Å²) in [5.41, 5.74) is 3.42. The van der Waals surface area contributed by atoms with E-state index in [1.807, 2.05) is 54.8 Å². The van der Waals surface area contributed by atoms with Crippen molar-refractivity contribution >= 4 is 63.3 Å². The summed E-state index contributed by atoms with van der Waals surface area (Å²) in [6, 6.07) is 24.4. The lowest BCUT2D eigenvalue weighted by Gasteiger charge is -2.46. The maximum absolute atomic E-state index is 6.96. The van der Waals surface area contributed by atoms with Crippen LogP contribution in [0.15, 0.2) is 84.4 Å². The Morgan fingerprint density at radius 2 is 1.68 bits per heavy atom. The Morgan fingerprint density at radius 3 is 2.44 bits per heavy atom. The number of benzene rings is 4. The minimum atomic E-state index is -0.922. The number of nitrogens with zero attached hydrogens (tertiary/aromatic N) is 2. The van der Waals surface area contributed by atoms with E-state index in [-0.39, 0.29) is 0 Å². The topological polar surface area (TPSA) is 24.8 Å². The van der Waals surface area contributed by atoms with Gasteiger partial charge in [0.1, 0.15) is 11.4 Å². The van der Waals surface area contributed by atoms with Crippen molar-refractivity contribution in [2.24, 2.45) is 4.99 Å². The zero-order valence-corrected chi connectivity index (χ0v) is 20.4. The van der Waals surface area contributed by atoms with Crippen LogP contribution in [0.25, 0.3) is 16.8 Å². The third-order valence-corrected chi connectivity index (χ3v) is 7.79. The number of rotatable bonds is 2. The standard InChI is InChI=1S/C29H22Cl2N2O/c1-4-18-9-12-20(13-10-18)33-25-16-24(31)23(30)15-22(25)28(2,3)29(33)17-32-27-21-8-6-5-7-19(21)11-14-26(27)34-29/h4-17H,1H2,2-3H3. The van der Waals surface area contributed by atoms with Crippen molar-refractivity contribution in [3.63, 3.8) is 0 Å². The molecule has 1 spiro atoms. The van der Waals surface area contributed by atoms with Crippen LogP contribution < -0.4 is 9.64 Å². The van der Waals surface area contributed by atoms with Crippen LogP contribution >= 0.6 is 23.2 Å². The summed E-state index contributed by atoms with van der Waals surface area (Å²) in [6.45, 7) is 8.20. The van der Waals surface area contributed by atoms with Gasteiger partial charge in [0.15, 0.2) is 0 Å². The van der Waals surface area contributed by atoms with Crippen molar-refractivity contribution in [2.75, 3.05) is 4.90 Å². The van der Waals surface area contributed by atoms with E-state index >= 15 is 0 Å². The molecule has 2 heterocycles. The van der Waals surface area contributed by atoms with Gasteiger partial charge in [-0.2, -0.15) is 0 Å². The van der Waals surface area contributed by atoms with E-state index in [1.54, 1.807) is 0 Å². The molecule has 0 saturated carbocycles. The van der Waals surface area contributed by atoms with Gasteiger partial charge < -0.3 is 4.74 Å². The van der Waals surface area contributed by atoms with Crippen LogP contribution in [0.4, 0.5) is 17.1 Å². The monoisotopic (exact) mass is 484 g/mol. The molecule has 2 aliphatic rings. The summed E-state index contributed by atoms with van der Waals surface area (Å²) in [5.74, 6) is 0.743. The van der Waals surface area contributed by atoms with Gasteiger partial charge >= 0.3 is 0 Å². The summed E-state index contributed by atoms with van der Waals surface area (Å²) in [6.07, 6.45) is 3.77. The van der Waals surface area contributed by atoms with E-state index in [9.17, 15) is 0 Å². The average molecular weight is 485 g/mol. The molecule has 0 fully saturated rings. The Balaban J connectivity index is 1.61. The second-order valence-electron chi connectivity index (χ2n) is 9.23. The number of fused-ring (bicyclic) bond motifs is 4. The molecule has 168 valence electrons. The minimum Gasteiger partial charge on any atom is -0.459 e. The highest BCUT2D eigenvalue weighted by Gasteiger charge is 2.60. The quantitative estimate of drug-likeness (QED) is 0.284. The summed E-state index contributed by atoms with van der Waals surface area (Å²) in [7, 11) is 0. The molecule has 0 saturated heterocycles. The van der Waals surface area contributed by atoms with Crippen LogP contribution in [0.3, 0.4) is 0 Å². The molecule has 3 nitrogen and oxygen atoms in total. The number of halogens is 2. The zero-order valence-electron chi connectivity index (χ0n) is 18.8. The smallest absolute Gasteiger partial charge is 0.233 e. The molecule has 0 N–H and O–H groups in total. The second kappa shape index (κ2) is 7.36. The van der Waals surface area contributed by atoms with E-state index in [2.05, 4.69) is 55.7 Å². The van der Waals surface area contributed by atoms with E-state index in [1.165, 1.54) is 0 Å². The molecule has 6 rings (SSSR count). The van der Waals surface area contributed by atoms with Gasteiger partial charge in [-0.3, -0.25) is 9.89 Å². The molecule has 5 heteroatoms. The van der Waals surface area contributed by atoms with Gasteiger partial charge in [0.25, 0.3) is 0 Å². The molecule has 0 aliphatic carbocycles.